The Balaban J connectivity index is 2.04. The van der Waals surface area contributed by atoms with Gasteiger partial charge in [-0.15, -0.1) is 22.7 Å². The maximum Gasteiger partial charge on any atom is 0.123 e. The topological polar surface area (TPSA) is 12.0 Å². The lowest BCUT2D eigenvalue weighted by atomic mass is 10.1. The van der Waals surface area contributed by atoms with E-state index in [1.54, 1.807) is 28.7 Å². The van der Waals surface area contributed by atoms with Gasteiger partial charge in [0.2, 0.25) is 0 Å². The number of fused-ring (bicyclic) bond motifs is 1. The third-order valence-corrected chi connectivity index (χ3v) is 5.33. The molecule has 0 saturated carbocycles. The first-order valence-corrected chi connectivity index (χ1v) is 8.34. The predicted octanol–water partition coefficient (Wildman–Crippen LogP) is 5.11. The molecule has 0 aliphatic heterocycles. The van der Waals surface area contributed by atoms with Crippen LogP contribution in [-0.4, -0.2) is 6.54 Å². The van der Waals surface area contributed by atoms with Gasteiger partial charge in [0.25, 0.3) is 0 Å². The molecule has 0 amide bonds. The summed E-state index contributed by atoms with van der Waals surface area (Å²) in [4.78, 5) is 2.56. The third kappa shape index (κ3) is 2.64. The molecule has 0 aliphatic carbocycles. The molecule has 0 bridgehead atoms. The predicted molar refractivity (Wildman–Crippen MR) is 86.4 cm³/mol. The van der Waals surface area contributed by atoms with Crippen molar-refractivity contribution < 1.29 is 4.39 Å². The normalized spacial score (nSPS) is 12.9. The van der Waals surface area contributed by atoms with Gasteiger partial charge in [-0.1, -0.05) is 6.92 Å². The van der Waals surface area contributed by atoms with Gasteiger partial charge in [0, 0.05) is 14.5 Å². The molecule has 1 atom stereocenters. The van der Waals surface area contributed by atoms with Crippen LogP contribution < -0.4 is 5.32 Å². The minimum absolute atomic E-state index is 0.173. The fourth-order valence-corrected chi connectivity index (χ4v) is 4.26. The van der Waals surface area contributed by atoms with E-state index in [-0.39, 0.29) is 11.9 Å². The van der Waals surface area contributed by atoms with Gasteiger partial charge in [0.05, 0.1) is 6.04 Å². The Morgan fingerprint density at radius 2 is 2.10 bits per heavy atom. The number of aryl methyl sites for hydroxylation is 1. The summed E-state index contributed by atoms with van der Waals surface area (Å²) >= 11 is 3.50. The van der Waals surface area contributed by atoms with Crippen LogP contribution in [0.2, 0.25) is 0 Å². The molecule has 1 unspecified atom stereocenters. The standard InChI is InChI=1S/C16H16FNS2/c1-3-18-16(12-6-10(2)19-9-12)15-8-11-7-13(17)4-5-14(11)20-15/h4-9,16,18H,3H2,1-2H3. The number of hydrogen-bond acceptors (Lipinski definition) is 3. The molecule has 104 valence electrons. The van der Waals surface area contributed by atoms with Crippen molar-refractivity contribution in [1.29, 1.82) is 0 Å². The van der Waals surface area contributed by atoms with Crippen LogP contribution in [0.5, 0.6) is 0 Å². The zero-order chi connectivity index (χ0) is 14.1. The van der Waals surface area contributed by atoms with Crippen molar-refractivity contribution in [3.8, 4) is 0 Å². The molecule has 0 spiro atoms. The lowest BCUT2D eigenvalue weighted by Gasteiger charge is -2.14. The highest BCUT2D eigenvalue weighted by Crippen LogP contribution is 2.34. The minimum Gasteiger partial charge on any atom is -0.306 e. The molecular weight excluding hydrogens is 289 g/mol. The second kappa shape index (κ2) is 5.64. The van der Waals surface area contributed by atoms with Gasteiger partial charge >= 0.3 is 0 Å². The smallest absolute Gasteiger partial charge is 0.123 e. The van der Waals surface area contributed by atoms with Gasteiger partial charge in [-0.3, -0.25) is 0 Å². The van der Waals surface area contributed by atoms with Crippen molar-refractivity contribution in [3.05, 3.63) is 56.8 Å². The average Bonchev–Trinajstić information content (AvgIpc) is 3.01. The summed E-state index contributed by atoms with van der Waals surface area (Å²) in [6.45, 7) is 5.14. The van der Waals surface area contributed by atoms with Crippen molar-refractivity contribution in [1.82, 2.24) is 5.32 Å². The Bertz CT molecular complexity index is 729. The van der Waals surface area contributed by atoms with E-state index in [1.165, 1.54) is 21.4 Å². The van der Waals surface area contributed by atoms with Crippen LogP contribution in [0, 0.1) is 12.7 Å². The Morgan fingerprint density at radius 3 is 2.80 bits per heavy atom. The number of benzene rings is 1. The van der Waals surface area contributed by atoms with Crippen molar-refractivity contribution in [2.75, 3.05) is 6.54 Å². The van der Waals surface area contributed by atoms with E-state index in [1.807, 2.05) is 6.07 Å². The molecule has 1 N–H and O–H groups in total. The summed E-state index contributed by atoms with van der Waals surface area (Å²) in [5, 5.41) is 6.72. The molecule has 2 heterocycles. The zero-order valence-electron chi connectivity index (χ0n) is 11.4. The van der Waals surface area contributed by atoms with E-state index in [9.17, 15) is 4.39 Å². The summed E-state index contributed by atoms with van der Waals surface area (Å²) in [5.41, 5.74) is 1.29. The molecule has 1 nitrogen and oxygen atoms in total. The van der Waals surface area contributed by atoms with Gasteiger partial charge in [-0.25, -0.2) is 4.39 Å². The lowest BCUT2D eigenvalue weighted by molar-refractivity contribution is 0.629. The number of hydrogen-bond donors (Lipinski definition) is 1. The molecule has 20 heavy (non-hydrogen) atoms. The first-order valence-electron chi connectivity index (χ1n) is 6.65. The molecule has 0 radical (unpaired) electrons. The van der Waals surface area contributed by atoms with E-state index in [0.29, 0.717) is 0 Å². The first-order chi connectivity index (χ1) is 9.67. The van der Waals surface area contributed by atoms with Crippen molar-refractivity contribution in [2.24, 2.45) is 0 Å². The van der Waals surface area contributed by atoms with Crippen molar-refractivity contribution >= 4 is 32.8 Å². The average molecular weight is 305 g/mol. The summed E-state index contributed by atoms with van der Waals surface area (Å²) in [5.74, 6) is -0.173. The van der Waals surface area contributed by atoms with E-state index in [2.05, 4.69) is 36.7 Å². The number of rotatable bonds is 4. The molecule has 4 heteroatoms. The van der Waals surface area contributed by atoms with E-state index >= 15 is 0 Å². The summed E-state index contributed by atoms with van der Waals surface area (Å²) in [6.07, 6.45) is 0. The van der Waals surface area contributed by atoms with Gasteiger partial charge < -0.3 is 5.32 Å². The highest BCUT2D eigenvalue weighted by atomic mass is 32.1. The third-order valence-electron chi connectivity index (χ3n) is 3.27. The van der Waals surface area contributed by atoms with E-state index in [4.69, 9.17) is 0 Å². The van der Waals surface area contributed by atoms with Crippen molar-refractivity contribution in [3.63, 3.8) is 0 Å². The number of halogens is 1. The number of thiophene rings is 2. The Kier molecular flexibility index (Phi) is 3.87. The van der Waals surface area contributed by atoms with Gasteiger partial charge in [-0.05, 0) is 60.1 Å². The van der Waals surface area contributed by atoms with Crippen LogP contribution in [0.25, 0.3) is 10.1 Å². The first kappa shape index (κ1) is 13.7. The minimum atomic E-state index is -0.173. The van der Waals surface area contributed by atoms with Gasteiger partial charge in [0.1, 0.15) is 5.82 Å². The largest absolute Gasteiger partial charge is 0.306 e. The van der Waals surface area contributed by atoms with Crippen LogP contribution in [0.3, 0.4) is 0 Å². The highest BCUT2D eigenvalue weighted by molar-refractivity contribution is 7.19. The lowest BCUT2D eigenvalue weighted by Crippen LogP contribution is -2.20. The highest BCUT2D eigenvalue weighted by Gasteiger charge is 2.17. The van der Waals surface area contributed by atoms with Gasteiger partial charge in [0.15, 0.2) is 0 Å². The van der Waals surface area contributed by atoms with Crippen molar-refractivity contribution in [2.45, 2.75) is 19.9 Å². The maximum absolute atomic E-state index is 13.3. The monoisotopic (exact) mass is 305 g/mol. The molecule has 3 rings (SSSR count). The summed E-state index contributed by atoms with van der Waals surface area (Å²) < 4.78 is 14.4. The molecule has 1 aromatic carbocycles. The van der Waals surface area contributed by atoms with Crippen LogP contribution in [0.15, 0.2) is 35.7 Å². The molecule has 0 aliphatic rings. The molecule has 0 fully saturated rings. The fourth-order valence-electron chi connectivity index (χ4n) is 2.38. The fraction of sp³-hybridized carbons (Fsp3) is 0.250. The Morgan fingerprint density at radius 1 is 1.25 bits per heavy atom. The van der Waals surface area contributed by atoms with Crippen LogP contribution in [0.4, 0.5) is 4.39 Å². The molecule has 2 aromatic heterocycles. The Labute approximate surface area is 126 Å². The van der Waals surface area contributed by atoms with E-state index in [0.717, 1.165) is 16.6 Å². The molecular formula is C16H16FNS2. The molecule has 3 aromatic rings. The number of nitrogens with one attached hydrogen (secondary N) is 1. The van der Waals surface area contributed by atoms with Gasteiger partial charge in [-0.2, -0.15) is 0 Å². The zero-order valence-corrected chi connectivity index (χ0v) is 13.1. The SMILES string of the molecule is CCNC(c1csc(C)c1)c1cc2cc(F)ccc2s1. The summed E-state index contributed by atoms with van der Waals surface area (Å²) in [6, 6.07) is 9.52. The van der Waals surface area contributed by atoms with Crippen LogP contribution in [-0.2, 0) is 0 Å². The molecule has 0 saturated heterocycles. The second-order valence-electron chi connectivity index (χ2n) is 4.81. The Hall–Kier alpha value is -1.23. The van der Waals surface area contributed by atoms with Crippen LogP contribution in [0.1, 0.15) is 28.3 Å². The van der Waals surface area contributed by atoms with E-state index < -0.39 is 0 Å². The summed E-state index contributed by atoms with van der Waals surface area (Å²) in [7, 11) is 0. The van der Waals surface area contributed by atoms with Crippen LogP contribution >= 0.6 is 22.7 Å². The second-order valence-corrected chi connectivity index (χ2v) is 7.04. The maximum atomic E-state index is 13.3. The quantitative estimate of drug-likeness (QED) is 0.706.